The van der Waals surface area contributed by atoms with Gasteiger partial charge in [-0.1, -0.05) is 0 Å². The molecule has 3 rings (SSSR count). The maximum atomic E-state index is 12.1. The molecule has 0 aliphatic carbocycles. The van der Waals surface area contributed by atoms with Gasteiger partial charge in [0.05, 0.1) is 7.11 Å². The molecule has 0 bridgehead atoms. The number of benzene rings is 3. The van der Waals surface area contributed by atoms with Crippen molar-refractivity contribution in [3.8, 4) is 5.75 Å². The Hall–Kier alpha value is -3.48. The summed E-state index contributed by atoms with van der Waals surface area (Å²) in [6.07, 6.45) is 1.65. The van der Waals surface area contributed by atoms with Gasteiger partial charge in [-0.05, 0) is 0 Å². The summed E-state index contributed by atoms with van der Waals surface area (Å²) >= 11 is 0.0281. The van der Waals surface area contributed by atoms with Crippen LogP contribution >= 0.6 is 0 Å². The fraction of sp³-hybridized carbons (Fsp3) is 0.0909. The number of nitrogens with one attached hydrogen (secondary N) is 1. The molecule has 0 unspecified atom stereocenters. The number of anilines is 1. The van der Waals surface area contributed by atoms with Gasteiger partial charge in [0.1, 0.15) is 5.75 Å². The molecule has 0 aliphatic heterocycles. The molecule has 8 heteroatoms. The average Bonchev–Trinajstić information content (AvgIpc) is 2.76. The van der Waals surface area contributed by atoms with Crippen LogP contribution in [0, 0.1) is 10.1 Å². The van der Waals surface area contributed by atoms with E-state index in [1.54, 1.807) is 25.5 Å². The second-order valence-electron chi connectivity index (χ2n) is 6.17. The second-order valence-corrected chi connectivity index (χ2v) is 8.57. The third-order valence-electron chi connectivity index (χ3n) is 4.01. The Kier molecular flexibility index (Phi) is 7.32. The molecule has 0 atom stereocenters. The monoisotopic (exact) mass is 469 g/mol. The van der Waals surface area contributed by atoms with E-state index in [4.69, 9.17) is 4.74 Å². The molecule has 0 saturated heterocycles. The molecule has 1 N–H and O–H groups in total. The van der Waals surface area contributed by atoms with Crippen LogP contribution in [0.2, 0.25) is 0 Å². The molecular weight excluding hydrogens is 449 g/mol. The number of nitrogens with zero attached hydrogens (tertiary/aromatic N) is 2. The first-order chi connectivity index (χ1) is 14.5. The van der Waals surface area contributed by atoms with Crippen LogP contribution in [0.4, 0.5) is 11.4 Å². The van der Waals surface area contributed by atoms with Gasteiger partial charge in [-0.3, -0.25) is 0 Å². The van der Waals surface area contributed by atoms with Crippen molar-refractivity contribution in [3.63, 3.8) is 0 Å². The minimum atomic E-state index is -0.407. The van der Waals surface area contributed by atoms with Crippen molar-refractivity contribution in [2.24, 2.45) is 4.99 Å². The molecule has 3 aromatic rings. The van der Waals surface area contributed by atoms with Gasteiger partial charge < -0.3 is 4.74 Å². The number of hydrogen-bond acceptors (Lipinski definition) is 5. The summed E-state index contributed by atoms with van der Waals surface area (Å²) in [6.45, 7) is 0.0283. The van der Waals surface area contributed by atoms with Crippen LogP contribution in [0.3, 0.4) is 0 Å². The number of carbonyl (C=O) groups excluding carboxylic acids is 1. The van der Waals surface area contributed by atoms with Gasteiger partial charge in [0, 0.05) is 0 Å². The number of nitro groups is 1. The third-order valence-corrected chi connectivity index (χ3v) is 6.14. The van der Waals surface area contributed by atoms with Gasteiger partial charge in [0.2, 0.25) is 0 Å². The summed E-state index contributed by atoms with van der Waals surface area (Å²) in [4.78, 5) is 26.5. The molecule has 0 spiro atoms. The number of rotatable bonds is 8. The number of aliphatic imine (C=N–C) groups is 1. The van der Waals surface area contributed by atoms with Gasteiger partial charge >= 0.3 is 162 Å². The fourth-order valence-electron chi connectivity index (χ4n) is 2.50. The molecular formula is C22H19N3O4Se. The molecule has 152 valence electrons. The summed E-state index contributed by atoms with van der Waals surface area (Å²) in [7, 11) is 1.61. The number of carbonyl (C=O) groups is 1. The Bertz CT molecular complexity index is 1030. The van der Waals surface area contributed by atoms with E-state index in [9.17, 15) is 14.9 Å². The summed E-state index contributed by atoms with van der Waals surface area (Å²) in [5.41, 5.74) is 1.67. The summed E-state index contributed by atoms with van der Waals surface area (Å²) in [6, 6.07) is 21.5. The maximum absolute atomic E-state index is 12.1. The Morgan fingerprint density at radius 3 is 2.20 bits per heavy atom. The normalized spacial score (nSPS) is 10.7. The van der Waals surface area contributed by atoms with E-state index in [-0.39, 0.29) is 33.1 Å². The van der Waals surface area contributed by atoms with Gasteiger partial charge in [-0.2, -0.15) is 0 Å². The van der Waals surface area contributed by atoms with Crippen molar-refractivity contribution in [1.82, 2.24) is 0 Å². The van der Waals surface area contributed by atoms with Crippen molar-refractivity contribution in [2.45, 2.75) is 0 Å². The number of nitro benzene ring substituents is 1. The predicted octanol–water partition coefficient (Wildman–Crippen LogP) is 2.32. The SMILES string of the molecule is COc1ccc(C=NCC(=O)Nc2ccc([Se]c3ccc([N+](=O)[O-])cc3)cc2)cc1. The first-order valence-corrected chi connectivity index (χ1v) is 10.7. The zero-order chi connectivity index (χ0) is 21.3. The zero-order valence-corrected chi connectivity index (χ0v) is 17.9. The average molecular weight is 468 g/mol. The summed E-state index contributed by atoms with van der Waals surface area (Å²) < 4.78 is 7.24. The molecule has 0 aliphatic rings. The first kappa shape index (κ1) is 21.2. The molecule has 0 fully saturated rings. The van der Waals surface area contributed by atoms with Gasteiger partial charge in [-0.25, -0.2) is 0 Å². The molecule has 0 aromatic heterocycles. The number of hydrogen-bond donors (Lipinski definition) is 1. The standard InChI is InChI=1S/C22H19N3O4Se/c1-29-19-8-2-16(3-9-19)14-23-15-22(26)24-17-4-10-20(11-5-17)30-21-12-6-18(7-13-21)25(27)28/h2-14H,15H2,1H3,(H,24,26). The van der Waals surface area contributed by atoms with Crippen LogP contribution < -0.4 is 19.0 Å². The molecule has 0 heterocycles. The van der Waals surface area contributed by atoms with E-state index in [0.717, 1.165) is 20.2 Å². The quantitative estimate of drug-likeness (QED) is 0.238. The number of methoxy groups -OCH3 is 1. The fourth-order valence-corrected chi connectivity index (χ4v) is 4.22. The zero-order valence-electron chi connectivity index (χ0n) is 16.1. The molecule has 3 aromatic carbocycles. The molecule has 1 amide bonds. The predicted molar refractivity (Wildman–Crippen MR) is 119 cm³/mol. The van der Waals surface area contributed by atoms with Crippen LogP contribution in [-0.2, 0) is 4.79 Å². The van der Waals surface area contributed by atoms with Crippen molar-refractivity contribution < 1.29 is 14.5 Å². The Balaban J connectivity index is 1.50. The van der Waals surface area contributed by atoms with E-state index < -0.39 is 4.92 Å². The summed E-state index contributed by atoms with van der Waals surface area (Å²) in [5, 5.41) is 13.5. The van der Waals surface area contributed by atoms with E-state index in [1.165, 1.54) is 12.1 Å². The van der Waals surface area contributed by atoms with Crippen LogP contribution in [-0.4, -0.2) is 45.7 Å². The number of non-ortho nitro benzene ring substituents is 1. The first-order valence-electron chi connectivity index (χ1n) is 8.99. The van der Waals surface area contributed by atoms with Crippen LogP contribution in [0.5, 0.6) is 5.75 Å². The van der Waals surface area contributed by atoms with Crippen molar-refractivity contribution >= 4 is 47.4 Å². The van der Waals surface area contributed by atoms with Crippen molar-refractivity contribution in [3.05, 3.63) is 88.5 Å². The molecule has 0 saturated carbocycles. The van der Waals surface area contributed by atoms with E-state index >= 15 is 0 Å². The van der Waals surface area contributed by atoms with Crippen molar-refractivity contribution in [1.29, 1.82) is 0 Å². The topological polar surface area (TPSA) is 93.8 Å². The molecule has 0 radical (unpaired) electrons. The van der Waals surface area contributed by atoms with Gasteiger partial charge in [0.15, 0.2) is 0 Å². The van der Waals surface area contributed by atoms with Crippen LogP contribution in [0.25, 0.3) is 0 Å². The van der Waals surface area contributed by atoms with E-state index in [0.29, 0.717) is 5.69 Å². The Morgan fingerprint density at radius 2 is 1.63 bits per heavy atom. The van der Waals surface area contributed by atoms with E-state index in [1.807, 2.05) is 48.5 Å². The van der Waals surface area contributed by atoms with Crippen molar-refractivity contribution in [2.75, 3.05) is 19.0 Å². The Morgan fingerprint density at radius 1 is 1.03 bits per heavy atom. The second kappa shape index (κ2) is 10.3. The van der Waals surface area contributed by atoms with Gasteiger partial charge in [-0.15, -0.1) is 0 Å². The van der Waals surface area contributed by atoms with Crippen LogP contribution in [0.1, 0.15) is 5.56 Å². The molecule has 30 heavy (non-hydrogen) atoms. The Labute approximate surface area is 180 Å². The third kappa shape index (κ3) is 6.27. The number of amides is 1. The van der Waals surface area contributed by atoms with E-state index in [2.05, 4.69) is 10.3 Å². The molecule has 7 nitrogen and oxygen atoms in total. The van der Waals surface area contributed by atoms with Crippen LogP contribution in [0.15, 0.2) is 77.8 Å². The minimum absolute atomic E-state index is 0.0281. The number of ether oxygens (including phenoxy) is 1. The van der Waals surface area contributed by atoms with Gasteiger partial charge in [0.25, 0.3) is 0 Å². The summed E-state index contributed by atoms with van der Waals surface area (Å²) in [5.74, 6) is 0.566.